The molecule has 1 aliphatic rings. The molecule has 2 rings (SSSR count). The number of carbonyl (C=O) groups excluding carboxylic acids is 2. The number of aryl methyl sites for hydroxylation is 2. The van der Waals surface area contributed by atoms with Gasteiger partial charge in [0.2, 0.25) is 11.8 Å². The number of hydrogen-bond acceptors (Lipinski definition) is 4. The van der Waals surface area contributed by atoms with Crippen molar-refractivity contribution in [1.29, 1.82) is 0 Å². The molecule has 1 unspecified atom stereocenters. The number of hydrogen-bond donors (Lipinski definition) is 1. The van der Waals surface area contributed by atoms with Crippen molar-refractivity contribution in [2.45, 2.75) is 45.3 Å². The zero-order chi connectivity index (χ0) is 17.0. The van der Waals surface area contributed by atoms with Gasteiger partial charge in [0.15, 0.2) is 0 Å². The van der Waals surface area contributed by atoms with Gasteiger partial charge in [-0.15, -0.1) is 0 Å². The van der Waals surface area contributed by atoms with Crippen LogP contribution in [0.15, 0.2) is 18.2 Å². The van der Waals surface area contributed by atoms with Gasteiger partial charge in [-0.1, -0.05) is 56.0 Å². The molecule has 1 fully saturated rings. The number of anilines is 1. The van der Waals surface area contributed by atoms with Crippen LogP contribution in [0.2, 0.25) is 0 Å². The van der Waals surface area contributed by atoms with Gasteiger partial charge in [-0.2, -0.15) is 0 Å². The Balaban J connectivity index is 1.96. The van der Waals surface area contributed by atoms with Gasteiger partial charge in [0.05, 0.1) is 5.25 Å². The molecular weight excluding hydrogens is 328 g/mol. The molecule has 1 N–H and O–H groups in total. The van der Waals surface area contributed by atoms with Gasteiger partial charge in [-0.05, 0) is 30.9 Å². The quantitative estimate of drug-likeness (QED) is 0.798. The molecule has 0 saturated carbocycles. The Bertz CT molecular complexity index is 631. The number of rotatable bonds is 6. The number of thiocarbonyl (C=S) groups is 1. The van der Waals surface area contributed by atoms with Crippen LogP contribution in [0.3, 0.4) is 0 Å². The lowest BCUT2D eigenvalue weighted by Gasteiger charge is -2.16. The Labute approximate surface area is 147 Å². The van der Waals surface area contributed by atoms with Crippen molar-refractivity contribution < 1.29 is 9.59 Å². The third-order valence-corrected chi connectivity index (χ3v) is 5.69. The molecule has 1 aromatic rings. The highest BCUT2D eigenvalue weighted by Gasteiger charge is 2.35. The lowest BCUT2D eigenvalue weighted by atomic mass is 10.1. The summed E-state index contributed by atoms with van der Waals surface area (Å²) < 4.78 is 0.583. The summed E-state index contributed by atoms with van der Waals surface area (Å²) in [6, 6.07) is 5.99. The molecular formula is C17H22N2O2S2. The third kappa shape index (κ3) is 4.12. The van der Waals surface area contributed by atoms with E-state index in [1.54, 1.807) is 4.90 Å². The van der Waals surface area contributed by atoms with Crippen LogP contribution in [0, 0.1) is 6.92 Å². The highest BCUT2D eigenvalue weighted by molar-refractivity contribution is 8.24. The molecule has 1 atom stereocenters. The zero-order valence-corrected chi connectivity index (χ0v) is 15.4. The summed E-state index contributed by atoms with van der Waals surface area (Å²) in [4.78, 5) is 26.0. The lowest BCUT2D eigenvalue weighted by Crippen LogP contribution is -2.34. The van der Waals surface area contributed by atoms with E-state index in [2.05, 4.69) is 12.2 Å². The average Bonchev–Trinajstić information content (AvgIpc) is 2.81. The first-order valence-electron chi connectivity index (χ1n) is 7.88. The topological polar surface area (TPSA) is 49.4 Å². The van der Waals surface area contributed by atoms with Crippen molar-refractivity contribution >= 4 is 45.8 Å². The Morgan fingerprint density at radius 2 is 2.13 bits per heavy atom. The molecule has 4 nitrogen and oxygen atoms in total. The smallest absolute Gasteiger partial charge is 0.241 e. The molecule has 0 bridgehead atoms. The molecule has 6 heteroatoms. The normalized spacial score (nSPS) is 17.7. The predicted molar refractivity (Wildman–Crippen MR) is 99.8 cm³/mol. The van der Waals surface area contributed by atoms with Gasteiger partial charge in [-0.25, -0.2) is 0 Å². The highest BCUT2D eigenvalue weighted by Crippen LogP contribution is 2.29. The number of amides is 2. The van der Waals surface area contributed by atoms with Crippen LogP contribution in [-0.2, 0) is 16.0 Å². The summed E-state index contributed by atoms with van der Waals surface area (Å²) in [6.45, 7) is 6.36. The van der Waals surface area contributed by atoms with Gasteiger partial charge in [0.25, 0.3) is 0 Å². The standard InChI is InChI=1S/C17H22N2O2S2/c1-4-12-8-6-7-11(3)15(12)18-14(20)9-10-19-16(21)13(5-2)23-17(19)22/h6-8,13H,4-5,9-10H2,1-3H3,(H,18,20). The Hall–Kier alpha value is -1.40. The number of thioether (sulfide) groups is 1. The highest BCUT2D eigenvalue weighted by atomic mass is 32.2. The molecule has 1 aromatic carbocycles. The Kier molecular flexibility index (Phi) is 6.18. The fraction of sp³-hybridized carbons (Fsp3) is 0.471. The van der Waals surface area contributed by atoms with Crippen molar-refractivity contribution in [3.8, 4) is 0 Å². The Morgan fingerprint density at radius 1 is 1.39 bits per heavy atom. The minimum Gasteiger partial charge on any atom is -0.326 e. The first-order valence-corrected chi connectivity index (χ1v) is 9.17. The van der Waals surface area contributed by atoms with Crippen LogP contribution in [0.5, 0.6) is 0 Å². The fourth-order valence-electron chi connectivity index (χ4n) is 2.58. The number of para-hydroxylation sites is 1. The van der Waals surface area contributed by atoms with Crippen molar-refractivity contribution in [1.82, 2.24) is 4.90 Å². The van der Waals surface area contributed by atoms with E-state index >= 15 is 0 Å². The van der Waals surface area contributed by atoms with Gasteiger partial charge in [0, 0.05) is 18.7 Å². The molecule has 0 spiro atoms. The second kappa shape index (κ2) is 7.93. The number of nitrogens with zero attached hydrogens (tertiary/aromatic N) is 1. The van der Waals surface area contributed by atoms with Crippen LogP contribution >= 0.6 is 24.0 Å². The number of carbonyl (C=O) groups is 2. The van der Waals surface area contributed by atoms with Crippen LogP contribution < -0.4 is 5.32 Å². The molecule has 0 aromatic heterocycles. The van der Waals surface area contributed by atoms with Crippen LogP contribution in [0.1, 0.15) is 37.8 Å². The second-order valence-electron chi connectivity index (χ2n) is 5.53. The van der Waals surface area contributed by atoms with E-state index in [1.807, 2.05) is 32.0 Å². The SMILES string of the molecule is CCc1cccc(C)c1NC(=O)CCN1C(=O)C(CC)SC1=S. The van der Waals surface area contributed by atoms with Gasteiger partial charge in [0.1, 0.15) is 4.32 Å². The summed E-state index contributed by atoms with van der Waals surface area (Å²) in [5.41, 5.74) is 3.05. The molecule has 0 radical (unpaired) electrons. The summed E-state index contributed by atoms with van der Waals surface area (Å²) in [6.07, 6.45) is 1.87. The van der Waals surface area contributed by atoms with Crippen molar-refractivity contribution in [3.63, 3.8) is 0 Å². The number of nitrogens with one attached hydrogen (secondary N) is 1. The molecule has 1 aliphatic heterocycles. The van der Waals surface area contributed by atoms with Crippen LogP contribution in [-0.4, -0.2) is 32.8 Å². The summed E-state index contributed by atoms with van der Waals surface area (Å²) in [5, 5.41) is 2.89. The van der Waals surface area contributed by atoms with Crippen molar-refractivity contribution in [2.75, 3.05) is 11.9 Å². The molecule has 1 heterocycles. The zero-order valence-electron chi connectivity index (χ0n) is 13.7. The second-order valence-corrected chi connectivity index (χ2v) is 7.37. The van der Waals surface area contributed by atoms with E-state index in [4.69, 9.17) is 12.2 Å². The van der Waals surface area contributed by atoms with E-state index in [0.29, 0.717) is 10.9 Å². The average molecular weight is 351 g/mol. The van der Waals surface area contributed by atoms with Crippen molar-refractivity contribution in [2.24, 2.45) is 0 Å². The van der Waals surface area contributed by atoms with E-state index in [0.717, 1.165) is 29.7 Å². The molecule has 0 aliphatic carbocycles. The Morgan fingerprint density at radius 3 is 2.74 bits per heavy atom. The van der Waals surface area contributed by atoms with E-state index in [1.165, 1.54) is 11.8 Å². The van der Waals surface area contributed by atoms with E-state index in [9.17, 15) is 9.59 Å². The van der Waals surface area contributed by atoms with Crippen LogP contribution in [0.25, 0.3) is 0 Å². The fourth-order valence-corrected chi connectivity index (χ4v) is 4.05. The number of benzene rings is 1. The minimum absolute atomic E-state index is 0.0282. The first kappa shape index (κ1) is 17.9. The van der Waals surface area contributed by atoms with Gasteiger partial charge < -0.3 is 5.32 Å². The summed E-state index contributed by atoms with van der Waals surface area (Å²) in [7, 11) is 0. The monoisotopic (exact) mass is 350 g/mol. The molecule has 2 amide bonds. The van der Waals surface area contributed by atoms with Gasteiger partial charge >= 0.3 is 0 Å². The maximum atomic E-state index is 12.3. The van der Waals surface area contributed by atoms with Crippen LogP contribution in [0.4, 0.5) is 5.69 Å². The maximum absolute atomic E-state index is 12.3. The summed E-state index contributed by atoms with van der Waals surface area (Å²) >= 11 is 6.66. The van der Waals surface area contributed by atoms with E-state index < -0.39 is 0 Å². The maximum Gasteiger partial charge on any atom is 0.241 e. The van der Waals surface area contributed by atoms with Crippen molar-refractivity contribution in [3.05, 3.63) is 29.3 Å². The first-order chi connectivity index (χ1) is 11.0. The van der Waals surface area contributed by atoms with E-state index in [-0.39, 0.29) is 23.5 Å². The predicted octanol–water partition coefficient (Wildman–Crippen LogP) is 3.52. The molecule has 23 heavy (non-hydrogen) atoms. The lowest BCUT2D eigenvalue weighted by molar-refractivity contribution is -0.126. The van der Waals surface area contributed by atoms with Gasteiger partial charge in [-0.3, -0.25) is 14.5 Å². The third-order valence-electron chi connectivity index (χ3n) is 3.94. The minimum atomic E-state index is -0.0892. The summed E-state index contributed by atoms with van der Waals surface area (Å²) in [5.74, 6) is -0.0602. The molecule has 124 valence electrons. The molecule has 1 saturated heterocycles. The largest absolute Gasteiger partial charge is 0.326 e.